The topological polar surface area (TPSA) is 84.3 Å². The third-order valence-electron chi connectivity index (χ3n) is 5.74. The van der Waals surface area contributed by atoms with Crippen LogP contribution in [0.1, 0.15) is 33.6 Å². The fraction of sp³-hybridized carbons (Fsp3) is 0.280. The summed E-state index contributed by atoms with van der Waals surface area (Å²) in [6.45, 7) is 1.12. The van der Waals surface area contributed by atoms with Gasteiger partial charge in [-0.2, -0.15) is 0 Å². The van der Waals surface area contributed by atoms with Gasteiger partial charge in [0, 0.05) is 55.3 Å². The van der Waals surface area contributed by atoms with E-state index in [1.807, 2.05) is 48.1 Å². The van der Waals surface area contributed by atoms with Crippen LogP contribution in [0.3, 0.4) is 0 Å². The standard InChI is InChI=1S/C25H26N4O3S/c1-28-16-13-26-25(28)33-17-22(30)27-21-9-7-20(8-10-21)24(32)29-14-11-19(12-15-29)23(31)18-5-3-2-4-6-18/h2-10,13,16,19H,11-12,14-15,17H2,1H3,(H,27,30). The first-order valence-corrected chi connectivity index (χ1v) is 11.9. The smallest absolute Gasteiger partial charge is 0.253 e. The molecule has 0 atom stereocenters. The first-order chi connectivity index (χ1) is 16.0. The van der Waals surface area contributed by atoms with Crippen molar-refractivity contribution in [3.05, 3.63) is 78.1 Å². The Bertz CT molecular complexity index is 1120. The van der Waals surface area contributed by atoms with E-state index in [0.717, 1.165) is 10.7 Å². The van der Waals surface area contributed by atoms with Crippen LogP contribution in [0, 0.1) is 5.92 Å². The van der Waals surface area contributed by atoms with Gasteiger partial charge in [0.1, 0.15) is 0 Å². The third-order valence-corrected chi connectivity index (χ3v) is 6.79. The third kappa shape index (κ3) is 5.70. The molecule has 0 unspecified atom stereocenters. The Hall–Kier alpha value is -3.39. The first-order valence-electron chi connectivity index (χ1n) is 10.9. The highest BCUT2D eigenvalue weighted by Crippen LogP contribution is 2.23. The number of carbonyl (C=O) groups excluding carboxylic acids is 3. The van der Waals surface area contributed by atoms with Crippen molar-refractivity contribution in [3.63, 3.8) is 0 Å². The number of aromatic nitrogens is 2. The second kappa shape index (κ2) is 10.5. The maximum absolute atomic E-state index is 12.9. The highest BCUT2D eigenvalue weighted by atomic mass is 32.2. The number of aryl methyl sites for hydroxylation is 1. The second-order valence-corrected chi connectivity index (χ2v) is 8.97. The summed E-state index contributed by atoms with van der Waals surface area (Å²) in [5, 5.41) is 3.62. The van der Waals surface area contributed by atoms with Crippen molar-refractivity contribution in [3.8, 4) is 0 Å². The number of Topliss-reactive ketones (excluding diaryl/α,β-unsaturated/α-hetero) is 1. The number of ketones is 1. The van der Waals surface area contributed by atoms with E-state index in [2.05, 4.69) is 10.3 Å². The van der Waals surface area contributed by atoms with E-state index in [4.69, 9.17) is 0 Å². The van der Waals surface area contributed by atoms with Gasteiger partial charge in [0.2, 0.25) is 5.91 Å². The molecule has 4 rings (SSSR count). The van der Waals surface area contributed by atoms with E-state index in [1.165, 1.54) is 11.8 Å². The molecule has 2 aromatic carbocycles. The summed E-state index contributed by atoms with van der Waals surface area (Å²) in [5.41, 5.74) is 1.95. The fourth-order valence-electron chi connectivity index (χ4n) is 3.88. The number of hydrogen-bond donors (Lipinski definition) is 1. The number of anilines is 1. The van der Waals surface area contributed by atoms with Crippen LogP contribution in [-0.4, -0.2) is 50.9 Å². The van der Waals surface area contributed by atoms with Crippen LogP contribution in [0.5, 0.6) is 0 Å². The largest absolute Gasteiger partial charge is 0.339 e. The number of carbonyl (C=O) groups is 3. The van der Waals surface area contributed by atoms with Gasteiger partial charge in [-0.15, -0.1) is 0 Å². The molecular weight excluding hydrogens is 436 g/mol. The zero-order valence-electron chi connectivity index (χ0n) is 18.4. The summed E-state index contributed by atoms with van der Waals surface area (Å²) in [7, 11) is 1.88. The maximum Gasteiger partial charge on any atom is 0.253 e. The Kier molecular flexibility index (Phi) is 7.24. The van der Waals surface area contributed by atoms with E-state index < -0.39 is 0 Å². The predicted molar refractivity (Wildman–Crippen MR) is 128 cm³/mol. The van der Waals surface area contributed by atoms with Gasteiger partial charge < -0.3 is 14.8 Å². The lowest BCUT2D eigenvalue weighted by molar-refractivity contribution is -0.113. The van der Waals surface area contributed by atoms with Gasteiger partial charge in [0.25, 0.3) is 5.91 Å². The minimum Gasteiger partial charge on any atom is -0.339 e. The summed E-state index contributed by atoms with van der Waals surface area (Å²) in [6, 6.07) is 16.3. The quantitative estimate of drug-likeness (QED) is 0.425. The zero-order valence-corrected chi connectivity index (χ0v) is 19.3. The molecule has 1 N–H and O–H groups in total. The molecule has 1 aromatic heterocycles. The van der Waals surface area contributed by atoms with Gasteiger partial charge in [-0.05, 0) is 37.1 Å². The highest BCUT2D eigenvalue weighted by molar-refractivity contribution is 7.99. The Labute approximate surface area is 197 Å². The van der Waals surface area contributed by atoms with Gasteiger partial charge >= 0.3 is 0 Å². The van der Waals surface area contributed by atoms with Gasteiger partial charge in [0.05, 0.1) is 5.75 Å². The lowest BCUT2D eigenvalue weighted by Crippen LogP contribution is -2.40. The number of imidazole rings is 1. The van der Waals surface area contributed by atoms with E-state index in [1.54, 1.807) is 35.4 Å². The van der Waals surface area contributed by atoms with Crippen LogP contribution in [0.15, 0.2) is 72.1 Å². The minimum absolute atomic E-state index is 0.0438. The van der Waals surface area contributed by atoms with E-state index in [9.17, 15) is 14.4 Å². The van der Waals surface area contributed by atoms with E-state index >= 15 is 0 Å². The molecule has 1 fully saturated rings. The Balaban J connectivity index is 1.26. The van der Waals surface area contributed by atoms with Gasteiger partial charge in [-0.25, -0.2) is 4.98 Å². The molecule has 33 heavy (non-hydrogen) atoms. The molecule has 0 aliphatic carbocycles. The average molecular weight is 463 g/mol. The predicted octanol–water partition coefficient (Wildman–Crippen LogP) is 3.89. The molecule has 0 bridgehead atoms. The van der Waals surface area contributed by atoms with E-state index in [-0.39, 0.29) is 29.3 Å². The molecule has 2 heterocycles. The maximum atomic E-state index is 12.9. The number of hydrogen-bond acceptors (Lipinski definition) is 5. The normalized spacial score (nSPS) is 14.2. The number of thioether (sulfide) groups is 1. The molecule has 7 nitrogen and oxygen atoms in total. The highest BCUT2D eigenvalue weighted by Gasteiger charge is 2.28. The first kappa shape index (κ1) is 22.8. The lowest BCUT2D eigenvalue weighted by Gasteiger charge is -2.31. The number of amides is 2. The average Bonchev–Trinajstić information content (AvgIpc) is 3.27. The molecule has 3 aromatic rings. The van der Waals surface area contributed by atoms with Crippen LogP contribution < -0.4 is 5.32 Å². The lowest BCUT2D eigenvalue weighted by atomic mass is 9.88. The Morgan fingerprint density at radius 1 is 1.00 bits per heavy atom. The molecule has 0 spiro atoms. The number of piperidine rings is 1. The fourth-order valence-corrected chi connectivity index (χ4v) is 4.61. The number of nitrogens with one attached hydrogen (secondary N) is 1. The number of rotatable bonds is 7. The minimum atomic E-state index is -0.132. The van der Waals surface area contributed by atoms with Gasteiger partial charge in [-0.1, -0.05) is 42.1 Å². The SMILES string of the molecule is Cn1ccnc1SCC(=O)Nc1ccc(C(=O)N2CCC(C(=O)c3ccccc3)CC2)cc1. The van der Waals surface area contributed by atoms with Crippen molar-refractivity contribution >= 4 is 35.0 Å². The summed E-state index contributed by atoms with van der Waals surface area (Å²) >= 11 is 1.36. The van der Waals surface area contributed by atoms with Crippen LogP contribution in [-0.2, 0) is 11.8 Å². The van der Waals surface area contributed by atoms with Crippen LogP contribution >= 0.6 is 11.8 Å². The molecule has 2 amide bonds. The molecule has 0 saturated carbocycles. The van der Waals surface area contributed by atoms with Crippen LogP contribution in [0.2, 0.25) is 0 Å². The molecule has 1 aliphatic heterocycles. The molecule has 8 heteroatoms. The Morgan fingerprint density at radius 2 is 1.70 bits per heavy atom. The molecule has 1 aliphatic rings. The second-order valence-electron chi connectivity index (χ2n) is 8.03. The van der Waals surface area contributed by atoms with E-state index in [0.29, 0.717) is 37.2 Å². The summed E-state index contributed by atoms with van der Waals surface area (Å²) in [4.78, 5) is 43.7. The van der Waals surface area contributed by atoms with Gasteiger partial charge in [0.15, 0.2) is 10.9 Å². The number of nitrogens with zero attached hydrogens (tertiary/aromatic N) is 3. The summed E-state index contributed by atoms with van der Waals surface area (Å²) < 4.78 is 1.86. The van der Waals surface area contributed by atoms with Crippen molar-refractivity contribution in [2.45, 2.75) is 18.0 Å². The number of likely N-dealkylation sites (tertiary alicyclic amines) is 1. The summed E-state index contributed by atoms with van der Waals surface area (Å²) in [5.74, 6) is 0.180. The van der Waals surface area contributed by atoms with Crippen molar-refractivity contribution in [2.75, 3.05) is 24.2 Å². The molecule has 170 valence electrons. The van der Waals surface area contributed by atoms with Crippen LogP contribution in [0.25, 0.3) is 0 Å². The van der Waals surface area contributed by atoms with Crippen molar-refractivity contribution in [2.24, 2.45) is 13.0 Å². The van der Waals surface area contributed by atoms with Crippen molar-refractivity contribution in [1.82, 2.24) is 14.5 Å². The zero-order chi connectivity index (χ0) is 23.2. The molecule has 1 saturated heterocycles. The molecule has 0 radical (unpaired) electrons. The van der Waals surface area contributed by atoms with Crippen molar-refractivity contribution < 1.29 is 14.4 Å². The Morgan fingerprint density at radius 3 is 2.33 bits per heavy atom. The van der Waals surface area contributed by atoms with Gasteiger partial charge in [-0.3, -0.25) is 14.4 Å². The van der Waals surface area contributed by atoms with Crippen molar-refractivity contribution in [1.29, 1.82) is 0 Å². The number of benzene rings is 2. The monoisotopic (exact) mass is 462 g/mol. The summed E-state index contributed by atoms with van der Waals surface area (Å²) in [6.07, 6.45) is 4.86. The van der Waals surface area contributed by atoms with Crippen LogP contribution in [0.4, 0.5) is 5.69 Å². The molecular formula is C25H26N4O3S.